The summed E-state index contributed by atoms with van der Waals surface area (Å²) in [5.74, 6) is -0.353. The minimum atomic E-state index is -0.312. The van der Waals surface area contributed by atoms with E-state index in [1.165, 1.54) is 12.7 Å². The quantitative estimate of drug-likeness (QED) is 0.778. The average molecular weight is 277 g/mol. The Labute approximate surface area is 120 Å². The Morgan fingerprint density at radius 1 is 1.20 bits per heavy atom. The van der Waals surface area contributed by atoms with E-state index in [2.05, 4.69) is 41.2 Å². The predicted octanol–water partition coefficient (Wildman–Crippen LogP) is 2.25. The SMILES string of the molecule is CCc1ccc(CCC(=O)NC(C)CC(=O)OC)cc1. The van der Waals surface area contributed by atoms with Crippen LogP contribution in [-0.4, -0.2) is 25.0 Å². The summed E-state index contributed by atoms with van der Waals surface area (Å²) in [5, 5.41) is 2.80. The molecule has 1 unspecified atom stereocenters. The lowest BCUT2D eigenvalue weighted by atomic mass is 10.1. The number of benzene rings is 1. The second-order valence-electron chi connectivity index (χ2n) is 4.92. The number of nitrogens with one attached hydrogen (secondary N) is 1. The highest BCUT2D eigenvalue weighted by atomic mass is 16.5. The first-order valence-corrected chi connectivity index (χ1v) is 6.99. The molecule has 1 amide bonds. The van der Waals surface area contributed by atoms with Crippen LogP contribution in [0, 0.1) is 0 Å². The van der Waals surface area contributed by atoms with E-state index in [0.717, 1.165) is 12.0 Å². The van der Waals surface area contributed by atoms with Gasteiger partial charge in [0.1, 0.15) is 0 Å². The fourth-order valence-corrected chi connectivity index (χ4v) is 1.93. The first kappa shape index (κ1) is 16.2. The van der Waals surface area contributed by atoms with Crippen molar-refractivity contribution in [2.45, 2.75) is 45.6 Å². The zero-order valence-corrected chi connectivity index (χ0v) is 12.4. The van der Waals surface area contributed by atoms with Gasteiger partial charge in [-0.25, -0.2) is 0 Å². The highest BCUT2D eigenvalue weighted by Gasteiger charge is 2.11. The third-order valence-electron chi connectivity index (χ3n) is 3.18. The van der Waals surface area contributed by atoms with Crippen LogP contribution in [0.2, 0.25) is 0 Å². The molecule has 110 valence electrons. The topological polar surface area (TPSA) is 55.4 Å². The Morgan fingerprint density at radius 3 is 2.35 bits per heavy atom. The fourth-order valence-electron chi connectivity index (χ4n) is 1.93. The van der Waals surface area contributed by atoms with Crippen molar-refractivity contribution >= 4 is 11.9 Å². The molecular weight excluding hydrogens is 254 g/mol. The van der Waals surface area contributed by atoms with Crippen LogP contribution in [0.5, 0.6) is 0 Å². The monoisotopic (exact) mass is 277 g/mol. The largest absolute Gasteiger partial charge is 0.469 e. The molecule has 4 heteroatoms. The van der Waals surface area contributed by atoms with Crippen LogP contribution in [0.15, 0.2) is 24.3 Å². The number of hydrogen-bond donors (Lipinski definition) is 1. The summed E-state index contributed by atoms with van der Waals surface area (Å²) in [6.45, 7) is 3.91. The summed E-state index contributed by atoms with van der Waals surface area (Å²) in [6, 6.07) is 8.10. The zero-order valence-electron chi connectivity index (χ0n) is 12.4. The van der Waals surface area contributed by atoms with Crippen molar-refractivity contribution in [3.63, 3.8) is 0 Å². The summed E-state index contributed by atoms with van der Waals surface area (Å²) in [5.41, 5.74) is 2.45. The lowest BCUT2D eigenvalue weighted by molar-refractivity contribution is -0.141. The maximum absolute atomic E-state index is 11.8. The summed E-state index contributed by atoms with van der Waals surface area (Å²) < 4.78 is 4.56. The Bertz CT molecular complexity index is 440. The van der Waals surface area contributed by atoms with Crippen molar-refractivity contribution in [1.29, 1.82) is 0 Å². The Kier molecular flexibility index (Phi) is 6.77. The molecule has 0 heterocycles. The van der Waals surface area contributed by atoms with E-state index in [4.69, 9.17) is 0 Å². The highest BCUT2D eigenvalue weighted by molar-refractivity contribution is 5.77. The number of carbonyl (C=O) groups is 2. The summed E-state index contributed by atoms with van der Waals surface area (Å²) in [4.78, 5) is 22.8. The average Bonchev–Trinajstić information content (AvgIpc) is 2.45. The molecule has 0 aliphatic heterocycles. The van der Waals surface area contributed by atoms with Crippen molar-refractivity contribution in [3.05, 3.63) is 35.4 Å². The molecule has 0 saturated heterocycles. The van der Waals surface area contributed by atoms with Gasteiger partial charge in [0.15, 0.2) is 0 Å². The second-order valence-corrected chi connectivity index (χ2v) is 4.92. The van der Waals surface area contributed by atoms with Crippen LogP contribution in [0.1, 0.15) is 37.8 Å². The third-order valence-corrected chi connectivity index (χ3v) is 3.18. The molecule has 0 bridgehead atoms. The van der Waals surface area contributed by atoms with Crippen molar-refractivity contribution in [2.75, 3.05) is 7.11 Å². The van der Waals surface area contributed by atoms with E-state index < -0.39 is 0 Å². The third kappa shape index (κ3) is 5.87. The van der Waals surface area contributed by atoms with Crippen LogP contribution in [-0.2, 0) is 27.2 Å². The Balaban J connectivity index is 2.33. The Morgan fingerprint density at radius 2 is 1.80 bits per heavy atom. The van der Waals surface area contributed by atoms with Gasteiger partial charge >= 0.3 is 5.97 Å². The maximum Gasteiger partial charge on any atom is 0.307 e. The standard InChI is InChI=1S/C16H23NO3/c1-4-13-5-7-14(8-6-13)9-10-15(18)17-12(2)11-16(19)20-3/h5-8,12H,4,9-11H2,1-3H3,(H,17,18). The van der Waals surface area contributed by atoms with Gasteiger partial charge in [-0.3, -0.25) is 9.59 Å². The van der Waals surface area contributed by atoms with E-state index in [1.54, 1.807) is 6.92 Å². The van der Waals surface area contributed by atoms with Crippen LogP contribution < -0.4 is 5.32 Å². The number of amides is 1. The van der Waals surface area contributed by atoms with E-state index in [-0.39, 0.29) is 24.3 Å². The maximum atomic E-state index is 11.8. The van der Waals surface area contributed by atoms with E-state index in [1.807, 2.05) is 0 Å². The number of rotatable bonds is 7. The number of ether oxygens (including phenoxy) is 1. The summed E-state index contributed by atoms with van der Waals surface area (Å²) >= 11 is 0. The number of hydrogen-bond acceptors (Lipinski definition) is 3. The number of methoxy groups -OCH3 is 1. The van der Waals surface area contributed by atoms with Gasteiger partial charge in [0.05, 0.1) is 13.5 Å². The number of aryl methyl sites for hydroxylation is 2. The fraction of sp³-hybridized carbons (Fsp3) is 0.500. The van der Waals surface area contributed by atoms with Crippen LogP contribution in [0.4, 0.5) is 0 Å². The molecule has 0 spiro atoms. The molecule has 0 aliphatic carbocycles. The predicted molar refractivity (Wildman–Crippen MR) is 78.4 cm³/mol. The first-order valence-electron chi connectivity index (χ1n) is 6.99. The van der Waals surface area contributed by atoms with Gasteiger partial charge in [0.25, 0.3) is 0 Å². The molecule has 4 nitrogen and oxygen atoms in total. The van der Waals surface area contributed by atoms with Gasteiger partial charge in [0, 0.05) is 12.5 Å². The molecule has 0 radical (unpaired) electrons. The van der Waals surface area contributed by atoms with Gasteiger partial charge < -0.3 is 10.1 Å². The molecule has 1 atom stereocenters. The van der Waals surface area contributed by atoms with Gasteiger partial charge in [-0.15, -0.1) is 0 Å². The van der Waals surface area contributed by atoms with Gasteiger partial charge in [0.2, 0.25) is 5.91 Å². The van der Waals surface area contributed by atoms with Gasteiger partial charge in [-0.2, -0.15) is 0 Å². The number of carbonyl (C=O) groups excluding carboxylic acids is 2. The van der Waals surface area contributed by atoms with Crippen molar-refractivity contribution < 1.29 is 14.3 Å². The smallest absolute Gasteiger partial charge is 0.307 e. The van der Waals surface area contributed by atoms with E-state index >= 15 is 0 Å². The molecule has 1 N–H and O–H groups in total. The Hall–Kier alpha value is -1.84. The zero-order chi connectivity index (χ0) is 15.0. The number of esters is 1. The minimum absolute atomic E-state index is 0.0408. The second kappa shape index (κ2) is 8.35. The van der Waals surface area contributed by atoms with E-state index in [0.29, 0.717) is 12.8 Å². The molecule has 20 heavy (non-hydrogen) atoms. The summed E-state index contributed by atoms with van der Waals surface area (Å²) in [7, 11) is 1.34. The van der Waals surface area contributed by atoms with Gasteiger partial charge in [-0.05, 0) is 30.9 Å². The first-order chi connectivity index (χ1) is 9.55. The molecule has 1 aromatic rings. The molecule has 0 saturated carbocycles. The molecule has 0 fully saturated rings. The molecule has 1 rings (SSSR count). The summed E-state index contributed by atoms with van der Waals surface area (Å²) in [6.07, 6.45) is 2.36. The highest BCUT2D eigenvalue weighted by Crippen LogP contribution is 2.07. The van der Waals surface area contributed by atoms with Crippen molar-refractivity contribution in [2.24, 2.45) is 0 Å². The normalized spacial score (nSPS) is 11.8. The van der Waals surface area contributed by atoms with Crippen LogP contribution >= 0.6 is 0 Å². The van der Waals surface area contributed by atoms with Crippen LogP contribution in [0.3, 0.4) is 0 Å². The molecule has 0 aromatic heterocycles. The van der Waals surface area contributed by atoms with Gasteiger partial charge in [-0.1, -0.05) is 31.2 Å². The molecule has 1 aromatic carbocycles. The molecular formula is C16H23NO3. The van der Waals surface area contributed by atoms with Crippen molar-refractivity contribution in [1.82, 2.24) is 5.32 Å². The lowest BCUT2D eigenvalue weighted by Gasteiger charge is -2.12. The van der Waals surface area contributed by atoms with E-state index in [9.17, 15) is 9.59 Å². The minimum Gasteiger partial charge on any atom is -0.469 e. The van der Waals surface area contributed by atoms with Crippen LogP contribution in [0.25, 0.3) is 0 Å². The van der Waals surface area contributed by atoms with Crippen molar-refractivity contribution in [3.8, 4) is 0 Å². The lowest BCUT2D eigenvalue weighted by Crippen LogP contribution is -2.34. The molecule has 0 aliphatic rings.